The molecular formula is C20H26N2O4S. The van der Waals surface area contributed by atoms with Gasteiger partial charge in [-0.3, -0.25) is 4.79 Å². The fraction of sp³-hybridized carbons (Fsp3) is 0.350. The number of carbonyl (C=O) groups is 1. The molecule has 0 radical (unpaired) electrons. The van der Waals surface area contributed by atoms with Gasteiger partial charge in [-0.05, 0) is 43.7 Å². The van der Waals surface area contributed by atoms with E-state index in [4.69, 9.17) is 4.74 Å². The van der Waals surface area contributed by atoms with Gasteiger partial charge in [-0.15, -0.1) is 0 Å². The van der Waals surface area contributed by atoms with E-state index in [-0.39, 0.29) is 17.3 Å². The minimum Gasteiger partial charge on any atom is -0.494 e. The van der Waals surface area contributed by atoms with Crippen molar-refractivity contribution in [2.45, 2.75) is 32.2 Å². The summed E-state index contributed by atoms with van der Waals surface area (Å²) in [5.74, 6) is 0.522. The highest BCUT2D eigenvalue weighted by molar-refractivity contribution is 7.89. The first-order chi connectivity index (χ1) is 12.8. The molecule has 2 rings (SSSR count). The molecule has 1 N–H and O–H groups in total. The zero-order valence-electron chi connectivity index (χ0n) is 15.9. The van der Waals surface area contributed by atoms with Gasteiger partial charge in [0.2, 0.25) is 15.9 Å². The monoisotopic (exact) mass is 390 g/mol. The summed E-state index contributed by atoms with van der Waals surface area (Å²) in [4.78, 5) is 13.7. The summed E-state index contributed by atoms with van der Waals surface area (Å²) >= 11 is 0. The highest BCUT2D eigenvalue weighted by Crippen LogP contribution is 2.15. The van der Waals surface area contributed by atoms with Crippen LogP contribution in [0.3, 0.4) is 0 Å². The van der Waals surface area contributed by atoms with E-state index in [1.807, 2.05) is 38.1 Å². The van der Waals surface area contributed by atoms with Crippen molar-refractivity contribution in [1.82, 2.24) is 9.62 Å². The molecular weight excluding hydrogens is 364 g/mol. The lowest BCUT2D eigenvalue weighted by atomic mass is 10.1. The molecule has 0 heterocycles. The molecule has 0 atom stereocenters. The molecule has 0 fully saturated rings. The highest BCUT2D eigenvalue weighted by Gasteiger charge is 2.15. The third kappa shape index (κ3) is 6.37. The Morgan fingerprint density at radius 3 is 2.44 bits per heavy atom. The lowest BCUT2D eigenvalue weighted by Gasteiger charge is -2.21. The van der Waals surface area contributed by atoms with Gasteiger partial charge < -0.3 is 9.64 Å². The fourth-order valence-electron chi connectivity index (χ4n) is 2.66. The molecule has 6 nitrogen and oxygen atoms in total. The third-order valence-electron chi connectivity index (χ3n) is 4.02. The van der Waals surface area contributed by atoms with Crippen molar-refractivity contribution < 1.29 is 17.9 Å². The molecule has 0 bridgehead atoms. The van der Waals surface area contributed by atoms with E-state index in [2.05, 4.69) is 4.72 Å². The number of benzene rings is 2. The summed E-state index contributed by atoms with van der Waals surface area (Å²) in [5.41, 5.74) is 2.13. The van der Waals surface area contributed by atoms with Crippen molar-refractivity contribution in [3.8, 4) is 5.75 Å². The Labute approximate surface area is 161 Å². The van der Waals surface area contributed by atoms with Crippen LogP contribution in [-0.4, -0.2) is 38.9 Å². The van der Waals surface area contributed by atoms with Crippen LogP contribution in [-0.2, 0) is 21.4 Å². The van der Waals surface area contributed by atoms with Crippen LogP contribution in [0, 0.1) is 6.92 Å². The maximum absolute atomic E-state index is 12.4. The summed E-state index contributed by atoms with van der Waals surface area (Å²) in [6, 6.07) is 14.2. The van der Waals surface area contributed by atoms with Crippen LogP contribution in [0.25, 0.3) is 0 Å². The average Bonchev–Trinajstić information content (AvgIpc) is 2.61. The van der Waals surface area contributed by atoms with Crippen molar-refractivity contribution in [3.05, 3.63) is 59.7 Å². The topological polar surface area (TPSA) is 75.7 Å². The summed E-state index contributed by atoms with van der Waals surface area (Å²) in [6.45, 7) is 6.74. The lowest BCUT2D eigenvalue weighted by molar-refractivity contribution is -0.129. The fourth-order valence-corrected chi connectivity index (χ4v) is 3.68. The van der Waals surface area contributed by atoms with Gasteiger partial charge in [-0.2, -0.15) is 0 Å². The number of amides is 1. The zero-order chi connectivity index (χ0) is 19.9. The molecule has 1 amide bonds. The predicted molar refractivity (Wildman–Crippen MR) is 105 cm³/mol. The Morgan fingerprint density at radius 1 is 1.15 bits per heavy atom. The van der Waals surface area contributed by atoms with E-state index in [1.165, 1.54) is 19.1 Å². The van der Waals surface area contributed by atoms with E-state index in [1.54, 1.807) is 17.0 Å². The molecule has 0 spiro atoms. The maximum Gasteiger partial charge on any atom is 0.240 e. The highest BCUT2D eigenvalue weighted by atomic mass is 32.2. The van der Waals surface area contributed by atoms with E-state index in [9.17, 15) is 13.2 Å². The van der Waals surface area contributed by atoms with Crippen molar-refractivity contribution in [1.29, 1.82) is 0 Å². The van der Waals surface area contributed by atoms with Gasteiger partial charge in [0.25, 0.3) is 0 Å². The van der Waals surface area contributed by atoms with Crippen LogP contribution in [0.4, 0.5) is 0 Å². The van der Waals surface area contributed by atoms with Crippen molar-refractivity contribution in [2.24, 2.45) is 0 Å². The van der Waals surface area contributed by atoms with Crippen LogP contribution in [0.5, 0.6) is 5.75 Å². The standard InChI is InChI=1S/C20H26N2O4S/c1-4-26-19-8-10-20(11-9-19)27(24,25)21-12-13-22(17(3)23)15-18-7-5-6-16(2)14-18/h5-11,14,21H,4,12-13,15H2,1-3H3. The van der Waals surface area contributed by atoms with Gasteiger partial charge >= 0.3 is 0 Å². The maximum atomic E-state index is 12.4. The molecule has 2 aromatic rings. The van der Waals surface area contributed by atoms with Crippen LogP contribution in [0.2, 0.25) is 0 Å². The zero-order valence-corrected chi connectivity index (χ0v) is 16.8. The van der Waals surface area contributed by atoms with Crippen LogP contribution >= 0.6 is 0 Å². The molecule has 0 unspecified atom stereocenters. The van der Waals surface area contributed by atoms with Crippen molar-refractivity contribution in [2.75, 3.05) is 19.7 Å². The second-order valence-electron chi connectivity index (χ2n) is 6.23. The number of nitrogens with zero attached hydrogens (tertiary/aromatic N) is 1. The normalized spacial score (nSPS) is 11.2. The molecule has 2 aromatic carbocycles. The lowest BCUT2D eigenvalue weighted by Crippen LogP contribution is -2.37. The summed E-state index contributed by atoms with van der Waals surface area (Å²) < 4.78 is 32.7. The van der Waals surface area contributed by atoms with Crippen LogP contribution in [0.15, 0.2) is 53.4 Å². The Morgan fingerprint density at radius 2 is 1.85 bits per heavy atom. The van der Waals surface area contributed by atoms with E-state index < -0.39 is 10.0 Å². The number of aryl methyl sites for hydroxylation is 1. The van der Waals surface area contributed by atoms with Crippen molar-refractivity contribution >= 4 is 15.9 Å². The molecule has 7 heteroatoms. The molecule has 0 aliphatic heterocycles. The van der Waals surface area contributed by atoms with Gasteiger partial charge in [0.15, 0.2) is 0 Å². The smallest absolute Gasteiger partial charge is 0.240 e. The minimum absolute atomic E-state index is 0.100. The SMILES string of the molecule is CCOc1ccc(S(=O)(=O)NCCN(Cc2cccc(C)c2)C(C)=O)cc1. The number of nitrogens with one attached hydrogen (secondary N) is 1. The Kier molecular flexibility index (Phi) is 7.38. The van der Waals surface area contributed by atoms with Gasteiger partial charge in [0.1, 0.15) is 5.75 Å². The summed E-state index contributed by atoms with van der Waals surface area (Å²) in [6.07, 6.45) is 0. The summed E-state index contributed by atoms with van der Waals surface area (Å²) in [7, 11) is -3.64. The molecule has 0 aromatic heterocycles. The Bertz CT molecular complexity index is 864. The Hall–Kier alpha value is -2.38. The van der Waals surface area contributed by atoms with Gasteiger partial charge in [-0.1, -0.05) is 29.8 Å². The van der Waals surface area contributed by atoms with E-state index in [0.29, 0.717) is 25.4 Å². The number of ether oxygens (including phenoxy) is 1. The molecule has 0 aliphatic rings. The third-order valence-corrected chi connectivity index (χ3v) is 5.50. The molecule has 0 saturated heterocycles. The van der Waals surface area contributed by atoms with Crippen LogP contribution < -0.4 is 9.46 Å². The van der Waals surface area contributed by atoms with Gasteiger partial charge in [-0.25, -0.2) is 13.1 Å². The molecule has 0 saturated carbocycles. The second-order valence-corrected chi connectivity index (χ2v) is 8.00. The first-order valence-corrected chi connectivity index (χ1v) is 10.3. The largest absolute Gasteiger partial charge is 0.494 e. The molecule has 146 valence electrons. The van der Waals surface area contributed by atoms with Gasteiger partial charge in [0.05, 0.1) is 11.5 Å². The molecule has 0 aliphatic carbocycles. The number of hydrogen-bond donors (Lipinski definition) is 1. The number of sulfonamides is 1. The van der Waals surface area contributed by atoms with Gasteiger partial charge in [0, 0.05) is 26.6 Å². The first kappa shape index (κ1) is 20.9. The quantitative estimate of drug-likeness (QED) is 0.714. The van der Waals surface area contributed by atoms with E-state index >= 15 is 0 Å². The Balaban J connectivity index is 1.95. The minimum atomic E-state index is -3.64. The number of carbonyl (C=O) groups excluding carboxylic acids is 1. The number of hydrogen-bond acceptors (Lipinski definition) is 4. The number of rotatable bonds is 9. The first-order valence-electron chi connectivity index (χ1n) is 8.85. The van der Waals surface area contributed by atoms with E-state index in [0.717, 1.165) is 11.1 Å². The van der Waals surface area contributed by atoms with Crippen LogP contribution in [0.1, 0.15) is 25.0 Å². The average molecular weight is 391 g/mol. The second kappa shape index (κ2) is 9.53. The molecule has 27 heavy (non-hydrogen) atoms. The summed E-state index contributed by atoms with van der Waals surface area (Å²) in [5, 5.41) is 0. The predicted octanol–water partition coefficient (Wildman–Crippen LogP) is 2.72. The van der Waals surface area contributed by atoms with Crippen molar-refractivity contribution in [3.63, 3.8) is 0 Å².